The predicted octanol–water partition coefficient (Wildman–Crippen LogP) is 1.86. The Balaban J connectivity index is 2.06. The van der Waals surface area contributed by atoms with Crippen LogP contribution in [0.15, 0.2) is 42.5 Å². The van der Waals surface area contributed by atoms with E-state index in [2.05, 4.69) is 0 Å². The Morgan fingerprint density at radius 3 is 2.30 bits per heavy atom. The van der Waals surface area contributed by atoms with Crippen molar-refractivity contribution in [3.8, 4) is 0 Å². The summed E-state index contributed by atoms with van der Waals surface area (Å²) in [6.07, 6.45) is 3.59. The Morgan fingerprint density at radius 1 is 1.00 bits per heavy atom. The minimum Gasteiger partial charge on any atom is -0.393 e. The van der Waals surface area contributed by atoms with Crippen molar-refractivity contribution in [2.24, 2.45) is 17.8 Å². The van der Waals surface area contributed by atoms with Crippen molar-refractivity contribution >= 4 is 17.7 Å². The van der Waals surface area contributed by atoms with E-state index in [-0.39, 0.29) is 11.7 Å². The Hall–Kier alpha value is -2.23. The molecule has 1 aliphatic carbocycles. The molecule has 0 N–H and O–H groups in total. The quantitative estimate of drug-likeness (QED) is 0.467. The second kappa shape index (κ2) is 4.71. The van der Waals surface area contributed by atoms with Crippen LogP contribution in [0.4, 0.5) is 0 Å². The van der Waals surface area contributed by atoms with Gasteiger partial charge in [0.05, 0.1) is 11.8 Å². The number of esters is 2. The fourth-order valence-corrected chi connectivity index (χ4v) is 3.13. The number of carbonyl (C=O) groups is 3. The second-order valence-corrected chi connectivity index (χ2v) is 5.25. The third kappa shape index (κ3) is 1.88. The third-order valence-corrected chi connectivity index (χ3v) is 4.09. The average Bonchev–Trinajstić information content (AvgIpc) is 2.75. The first-order chi connectivity index (χ1) is 9.59. The van der Waals surface area contributed by atoms with Gasteiger partial charge in [-0.05, 0) is 12.5 Å². The van der Waals surface area contributed by atoms with E-state index in [1.807, 2.05) is 36.4 Å². The Morgan fingerprint density at radius 2 is 1.65 bits per heavy atom. The van der Waals surface area contributed by atoms with Gasteiger partial charge in [-0.3, -0.25) is 14.4 Å². The molecule has 0 unspecified atom stereocenters. The van der Waals surface area contributed by atoms with Crippen LogP contribution in [-0.4, -0.2) is 17.7 Å². The highest BCUT2D eigenvalue weighted by Gasteiger charge is 2.53. The molecule has 1 aliphatic heterocycles. The molecule has 0 saturated carbocycles. The Labute approximate surface area is 116 Å². The summed E-state index contributed by atoms with van der Waals surface area (Å²) in [7, 11) is 0. The minimum atomic E-state index is -0.685. The standard InChI is InChI=1S/C16H14O4/c1-9(17)11-7-8-12(10-5-3-2-4-6-10)14-13(11)15(18)20-16(14)19/h2-8,11-14H,1H3/t11-,12+,13-,14+/m0/s1. The lowest BCUT2D eigenvalue weighted by Gasteiger charge is -2.29. The summed E-state index contributed by atoms with van der Waals surface area (Å²) in [5.41, 5.74) is 0.951. The zero-order chi connectivity index (χ0) is 14.3. The van der Waals surface area contributed by atoms with Gasteiger partial charge < -0.3 is 4.74 Å². The van der Waals surface area contributed by atoms with Crippen molar-refractivity contribution in [1.82, 2.24) is 0 Å². The zero-order valence-corrected chi connectivity index (χ0v) is 11.0. The summed E-state index contributed by atoms with van der Waals surface area (Å²) in [5, 5.41) is 0. The SMILES string of the molecule is CC(=O)[C@@H]1C=C[C@H](c2ccccc2)[C@H]2C(=O)OC(=O)[C@H]21. The van der Waals surface area contributed by atoms with Gasteiger partial charge in [0.25, 0.3) is 0 Å². The molecular weight excluding hydrogens is 256 g/mol. The van der Waals surface area contributed by atoms with E-state index in [0.717, 1.165) is 5.56 Å². The zero-order valence-electron chi connectivity index (χ0n) is 11.0. The number of ketones is 1. The van der Waals surface area contributed by atoms with Crippen molar-refractivity contribution in [2.45, 2.75) is 12.8 Å². The van der Waals surface area contributed by atoms with Crippen LogP contribution < -0.4 is 0 Å². The van der Waals surface area contributed by atoms with Crippen molar-refractivity contribution in [2.75, 3.05) is 0 Å². The van der Waals surface area contributed by atoms with Crippen LogP contribution in [0.3, 0.4) is 0 Å². The van der Waals surface area contributed by atoms with Gasteiger partial charge in [0.2, 0.25) is 0 Å². The van der Waals surface area contributed by atoms with Crippen LogP contribution in [-0.2, 0) is 19.1 Å². The smallest absolute Gasteiger partial charge is 0.318 e. The van der Waals surface area contributed by atoms with Gasteiger partial charge in [-0.1, -0.05) is 42.5 Å². The van der Waals surface area contributed by atoms with Crippen LogP contribution in [0, 0.1) is 17.8 Å². The summed E-state index contributed by atoms with van der Waals surface area (Å²) in [6.45, 7) is 1.44. The summed E-state index contributed by atoms with van der Waals surface area (Å²) < 4.78 is 4.77. The molecule has 1 saturated heterocycles. The number of benzene rings is 1. The number of rotatable bonds is 2. The molecule has 1 aromatic carbocycles. The molecule has 1 aromatic rings. The van der Waals surface area contributed by atoms with E-state index < -0.39 is 29.7 Å². The first-order valence-corrected chi connectivity index (χ1v) is 6.59. The lowest BCUT2D eigenvalue weighted by atomic mass is 9.68. The van der Waals surface area contributed by atoms with E-state index in [1.165, 1.54) is 6.92 Å². The predicted molar refractivity (Wildman–Crippen MR) is 70.6 cm³/mol. The van der Waals surface area contributed by atoms with E-state index in [9.17, 15) is 14.4 Å². The maximum atomic E-state index is 12.0. The molecule has 0 amide bonds. The molecule has 3 rings (SSSR count). The Bertz CT molecular complexity index is 602. The number of carbonyl (C=O) groups excluding carboxylic acids is 3. The van der Waals surface area contributed by atoms with Crippen molar-refractivity contribution < 1.29 is 19.1 Å². The number of cyclic esters (lactones) is 2. The average molecular weight is 270 g/mol. The first kappa shape index (κ1) is 12.8. The highest BCUT2D eigenvalue weighted by Crippen LogP contribution is 2.45. The number of allylic oxidation sites excluding steroid dienone is 2. The summed E-state index contributed by atoms with van der Waals surface area (Å²) in [6, 6.07) is 9.49. The molecule has 20 heavy (non-hydrogen) atoms. The Kier molecular flexibility index (Phi) is 3.01. The topological polar surface area (TPSA) is 60.4 Å². The van der Waals surface area contributed by atoms with E-state index >= 15 is 0 Å². The molecule has 4 heteroatoms. The van der Waals surface area contributed by atoms with Gasteiger partial charge in [-0.25, -0.2) is 0 Å². The highest BCUT2D eigenvalue weighted by atomic mass is 16.6. The highest BCUT2D eigenvalue weighted by molar-refractivity contribution is 6.01. The number of fused-ring (bicyclic) bond motifs is 1. The van der Waals surface area contributed by atoms with Gasteiger partial charge in [0.1, 0.15) is 5.78 Å². The molecule has 1 heterocycles. The van der Waals surface area contributed by atoms with Crippen LogP contribution in [0.1, 0.15) is 18.4 Å². The van der Waals surface area contributed by atoms with Crippen LogP contribution >= 0.6 is 0 Å². The summed E-state index contributed by atoms with van der Waals surface area (Å²) in [4.78, 5) is 35.5. The van der Waals surface area contributed by atoms with Crippen LogP contribution in [0.2, 0.25) is 0 Å². The molecule has 4 atom stereocenters. The van der Waals surface area contributed by atoms with E-state index in [4.69, 9.17) is 4.74 Å². The molecule has 1 fully saturated rings. The summed E-state index contributed by atoms with van der Waals surface area (Å²) >= 11 is 0. The fourth-order valence-electron chi connectivity index (χ4n) is 3.13. The molecule has 0 aromatic heterocycles. The monoisotopic (exact) mass is 270 g/mol. The number of hydrogen-bond donors (Lipinski definition) is 0. The van der Waals surface area contributed by atoms with E-state index in [0.29, 0.717) is 0 Å². The van der Waals surface area contributed by atoms with Crippen LogP contribution in [0.5, 0.6) is 0 Å². The molecule has 0 spiro atoms. The van der Waals surface area contributed by atoms with Gasteiger partial charge in [-0.2, -0.15) is 0 Å². The maximum Gasteiger partial charge on any atom is 0.318 e. The second-order valence-electron chi connectivity index (χ2n) is 5.25. The molecule has 4 nitrogen and oxygen atoms in total. The normalized spacial score (nSPS) is 31.9. The number of ether oxygens (including phenoxy) is 1. The van der Waals surface area contributed by atoms with Crippen molar-refractivity contribution in [3.05, 3.63) is 48.0 Å². The van der Waals surface area contributed by atoms with Crippen LogP contribution in [0.25, 0.3) is 0 Å². The van der Waals surface area contributed by atoms with Gasteiger partial charge in [0, 0.05) is 11.8 Å². The van der Waals surface area contributed by atoms with Gasteiger partial charge >= 0.3 is 11.9 Å². The lowest BCUT2D eigenvalue weighted by molar-refractivity contribution is -0.154. The van der Waals surface area contributed by atoms with Crippen molar-refractivity contribution in [3.63, 3.8) is 0 Å². The summed E-state index contributed by atoms with van der Waals surface area (Å²) in [5.74, 6) is -3.27. The largest absolute Gasteiger partial charge is 0.393 e. The number of hydrogen-bond acceptors (Lipinski definition) is 4. The molecule has 0 bridgehead atoms. The molecular formula is C16H14O4. The first-order valence-electron chi connectivity index (χ1n) is 6.59. The maximum absolute atomic E-state index is 12.0. The molecule has 102 valence electrons. The van der Waals surface area contributed by atoms with Gasteiger partial charge in [0.15, 0.2) is 0 Å². The van der Waals surface area contributed by atoms with E-state index in [1.54, 1.807) is 6.08 Å². The minimum absolute atomic E-state index is 0.116. The van der Waals surface area contributed by atoms with Gasteiger partial charge in [-0.15, -0.1) is 0 Å². The molecule has 2 aliphatic rings. The third-order valence-electron chi connectivity index (χ3n) is 4.09. The molecule has 0 radical (unpaired) electrons. The fraction of sp³-hybridized carbons (Fsp3) is 0.312. The number of Topliss-reactive ketones (excluding diaryl/α,β-unsaturated/α-hetero) is 1. The lowest BCUT2D eigenvalue weighted by Crippen LogP contribution is -2.35. The van der Waals surface area contributed by atoms with Crippen molar-refractivity contribution in [1.29, 1.82) is 0 Å².